The number of aliphatic hydroxyl groups is 1. The van der Waals surface area contributed by atoms with Crippen LogP contribution in [0.2, 0.25) is 5.02 Å². The fourth-order valence-corrected chi connectivity index (χ4v) is 1.84. The molecule has 1 rings (SSSR count). The standard InChI is InChI=1S/C13H19ClO3/c1-9(2)17-13-10(5-4-8-15)11(14)6-7-12(13)16-3/h6-7,9,15H,4-5,8H2,1-3H3. The number of rotatable bonds is 6. The van der Waals surface area contributed by atoms with Gasteiger partial charge in [-0.25, -0.2) is 0 Å². The van der Waals surface area contributed by atoms with Crippen LogP contribution in [0.5, 0.6) is 11.5 Å². The van der Waals surface area contributed by atoms with Crippen LogP contribution in [0.1, 0.15) is 25.8 Å². The van der Waals surface area contributed by atoms with Crippen molar-refractivity contribution in [3.8, 4) is 11.5 Å². The molecule has 0 atom stereocenters. The Morgan fingerprint density at radius 1 is 1.35 bits per heavy atom. The summed E-state index contributed by atoms with van der Waals surface area (Å²) >= 11 is 6.16. The SMILES string of the molecule is COc1ccc(Cl)c(CCCO)c1OC(C)C. The number of ether oxygens (including phenoxy) is 2. The molecule has 96 valence electrons. The van der Waals surface area contributed by atoms with Gasteiger partial charge in [-0.3, -0.25) is 0 Å². The molecule has 4 heteroatoms. The van der Waals surface area contributed by atoms with Crippen molar-refractivity contribution in [3.05, 3.63) is 22.7 Å². The number of methoxy groups -OCH3 is 1. The van der Waals surface area contributed by atoms with Crippen LogP contribution in [0.25, 0.3) is 0 Å². The molecule has 0 heterocycles. The zero-order valence-electron chi connectivity index (χ0n) is 10.5. The summed E-state index contributed by atoms with van der Waals surface area (Å²) < 4.78 is 11.0. The van der Waals surface area contributed by atoms with Gasteiger partial charge in [0.2, 0.25) is 0 Å². The molecule has 0 aromatic heterocycles. The summed E-state index contributed by atoms with van der Waals surface area (Å²) in [5.74, 6) is 1.36. The molecule has 0 fully saturated rings. The van der Waals surface area contributed by atoms with Crippen molar-refractivity contribution >= 4 is 11.6 Å². The molecule has 0 amide bonds. The Labute approximate surface area is 107 Å². The second kappa shape index (κ2) is 6.72. The minimum atomic E-state index is 0.0512. The molecular formula is C13H19ClO3. The molecule has 0 bridgehead atoms. The topological polar surface area (TPSA) is 38.7 Å². The number of aliphatic hydroxyl groups excluding tert-OH is 1. The predicted molar refractivity (Wildman–Crippen MR) is 69.2 cm³/mol. The Morgan fingerprint density at radius 2 is 2.06 bits per heavy atom. The van der Waals surface area contributed by atoms with Crippen LogP contribution in [-0.4, -0.2) is 24.9 Å². The lowest BCUT2D eigenvalue weighted by molar-refractivity contribution is 0.226. The average molecular weight is 259 g/mol. The van der Waals surface area contributed by atoms with E-state index in [1.54, 1.807) is 19.2 Å². The molecule has 17 heavy (non-hydrogen) atoms. The normalized spacial score (nSPS) is 10.7. The van der Waals surface area contributed by atoms with E-state index in [9.17, 15) is 0 Å². The van der Waals surface area contributed by atoms with Gasteiger partial charge in [0.25, 0.3) is 0 Å². The Balaban J connectivity index is 3.11. The summed E-state index contributed by atoms with van der Waals surface area (Å²) in [4.78, 5) is 0. The lowest BCUT2D eigenvalue weighted by Gasteiger charge is -2.18. The van der Waals surface area contributed by atoms with E-state index in [2.05, 4.69) is 0 Å². The van der Waals surface area contributed by atoms with Gasteiger partial charge in [0.15, 0.2) is 11.5 Å². The molecule has 0 radical (unpaired) electrons. The fraction of sp³-hybridized carbons (Fsp3) is 0.538. The minimum Gasteiger partial charge on any atom is -0.493 e. The van der Waals surface area contributed by atoms with Gasteiger partial charge in [-0.1, -0.05) is 11.6 Å². The Kier molecular flexibility index (Phi) is 5.59. The zero-order chi connectivity index (χ0) is 12.8. The first kappa shape index (κ1) is 14.1. The molecule has 0 saturated heterocycles. The molecule has 1 aromatic carbocycles. The van der Waals surface area contributed by atoms with Gasteiger partial charge in [-0.05, 0) is 38.8 Å². The highest BCUT2D eigenvalue weighted by Gasteiger charge is 2.15. The van der Waals surface area contributed by atoms with Crippen LogP contribution in [-0.2, 0) is 6.42 Å². The number of hydrogen-bond donors (Lipinski definition) is 1. The third kappa shape index (κ3) is 3.79. The van der Waals surface area contributed by atoms with Crippen molar-refractivity contribution in [2.45, 2.75) is 32.8 Å². The van der Waals surface area contributed by atoms with Crippen LogP contribution >= 0.6 is 11.6 Å². The van der Waals surface area contributed by atoms with E-state index in [0.717, 1.165) is 5.56 Å². The van der Waals surface area contributed by atoms with Gasteiger partial charge >= 0.3 is 0 Å². The van der Waals surface area contributed by atoms with Crippen LogP contribution in [0.3, 0.4) is 0 Å². The second-order valence-electron chi connectivity index (χ2n) is 4.05. The monoisotopic (exact) mass is 258 g/mol. The lowest BCUT2D eigenvalue weighted by atomic mass is 10.1. The smallest absolute Gasteiger partial charge is 0.166 e. The largest absolute Gasteiger partial charge is 0.493 e. The average Bonchev–Trinajstić information content (AvgIpc) is 2.28. The van der Waals surface area contributed by atoms with E-state index in [1.807, 2.05) is 13.8 Å². The first-order valence-electron chi connectivity index (χ1n) is 5.73. The van der Waals surface area contributed by atoms with Crippen molar-refractivity contribution in [1.29, 1.82) is 0 Å². The maximum atomic E-state index is 8.90. The zero-order valence-corrected chi connectivity index (χ0v) is 11.3. The summed E-state index contributed by atoms with van der Waals surface area (Å²) in [5.41, 5.74) is 0.897. The van der Waals surface area contributed by atoms with E-state index in [4.69, 9.17) is 26.2 Å². The highest BCUT2D eigenvalue weighted by molar-refractivity contribution is 6.31. The highest BCUT2D eigenvalue weighted by Crippen LogP contribution is 2.37. The first-order valence-corrected chi connectivity index (χ1v) is 6.10. The molecule has 0 unspecified atom stereocenters. The molecular weight excluding hydrogens is 240 g/mol. The predicted octanol–water partition coefficient (Wildman–Crippen LogP) is 3.06. The summed E-state index contributed by atoms with van der Waals surface area (Å²) in [7, 11) is 1.60. The molecule has 1 N–H and O–H groups in total. The van der Waals surface area contributed by atoms with E-state index >= 15 is 0 Å². The maximum absolute atomic E-state index is 8.90. The van der Waals surface area contributed by atoms with Crippen LogP contribution in [0.15, 0.2) is 12.1 Å². The summed E-state index contributed by atoms with van der Waals surface area (Å²) in [6.45, 7) is 4.04. The van der Waals surface area contributed by atoms with Gasteiger partial charge in [0.05, 0.1) is 13.2 Å². The fourth-order valence-electron chi connectivity index (χ4n) is 1.60. The third-order valence-corrected chi connectivity index (χ3v) is 2.68. The van der Waals surface area contributed by atoms with E-state index in [0.29, 0.717) is 29.4 Å². The highest BCUT2D eigenvalue weighted by atomic mass is 35.5. The summed E-state index contributed by atoms with van der Waals surface area (Å²) in [5, 5.41) is 9.55. The molecule has 0 saturated carbocycles. The Hall–Kier alpha value is -0.930. The van der Waals surface area contributed by atoms with Gasteiger partial charge in [0.1, 0.15) is 0 Å². The van der Waals surface area contributed by atoms with Crippen LogP contribution < -0.4 is 9.47 Å². The maximum Gasteiger partial charge on any atom is 0.166 e. The van der Waals surface area contributed by atoms with E-state index in [-0.39, 0.29) is 12.7 Å². The summed E-state index contributed by atoms with van der Waals surface area (Å²) in [6.07, 6.45) is 1.38. The first-order chi connectivity index (χ1) is 8.10. The van der Waals surface area contributed by atoms with E-state index in [1.165, 1.54) is 0 Å². The van der Waals surface area contributed by atoms with E-state index < -0.39 is 0 Å². The summed E-state index contributed by atoms with van der Waals surface area (Å²) in [6, 6.07) is 3.59. The quantitative estimate of drug-likeness (QED) is 0.852. The second-order valence-corrected chi connectivity index (χ2v) is 4.46. The number of benzene rings is 1. The third-order valence-electron chi connectivity index (χ3n) is 2.33. The molecule has 3 nitrogen and oxygen atoms in total. The van der Waals surface area contributed by atoms with Crippen molar-refractivity contribution in [1.82, 2.24) is 0 Å². The molecule has 0 aliphatic rings. The van der Waals surface area contributed by atoms with Crippen LogP contribution in [0, 0.1) is 0 Å². The molecule has 1 aromatic rings. The van der Waals surface area contributed by atoms with Gasteiger partial charge < -0.3 is 14.6 Å². The lowest BCUT2D eigenvalue weighted by Crippen LogP contribution is -2.09. The number of halogens is 1. The molecule has 0 aliphatic carbocycles. The Bertz CT molecular complexity index is 364. The van der Waals surface area contributed by atoms with Gasteiger partial charge in [-0.2, -0.15) is 0 Å². The van der Waals surface area contributed by atoms with Crippen molar-refractivity contribution in [3.63, 3.8) is 0 Å². The molecule has 0 aliphatic heterocycles. The van der Waals surface area contributed by atoms with Gasteiger partial charge in [0, 0.05) is 17.2 Å². The minimum absolute atomic E-state index is 0.0512. The van der Waals surface area contributed by atoms with Crippen molar-refractivity contribution < 1.29 is 14.6 Å². The van der Waals surface area contributed by atoms with Gasteiger partial charge in [-0.15, -0.1) is 0 Å². The van der Waals surface area contributed by atoms with Crippen molar-refractivity contribution in [2.75, 3.05) is 13.7 Å². The molecule has 0 spiro atoms. The number of hydrogen-bond acceptors (Lipinski definition) is 3. The van der Waals surface area contributed by atoms with Crippen molar-refractivity contribution in [2.24, 2.45) is 0 Å². The Morgan fingerprint density at radius 3 is 2.59 bits per heavy atom. The van der Waals surface area contributed by atoms with Crippen LogP contribution in [0.4, 0.5) is 0 Å².